The van der Waals surface area contributed by atoms with Gasteiger partial charge >= 0.3 is 0 Å². The maximum atomic E-state index is 5.90. The Morgan fingerprint density at radius 2 is 2.12 bits per heavy atom. The number of benzene rings is 1. The molecule has 2 rings (SSSR count). The summed E-state index contributed by atoms with van der Waals surface area (Å²) < 4.78 is 0. The SMILES string of the molecule is C[C@@H](CCN1CC[C@@H](N)C1)c1ccccc1. The Bertz CT molecular complexity index is 310. The summed E-state index contributed by atoms with van der Waals surface area (Å²) in [6.45, 7) is 5.76. The first kappa shape index (κ1) is 11.6. The first-order valence-electron chi connectivity index (χ1n) is 6.28. The number of hydrogen-bond acceptors (Lipinski definition) is 2. The van der Waals surface area contributed by atoms with E-state index in [1.165, 1.54) is 31.5 Å². The zero-order valence-electron chi connectivity index (χ0n) is 10.1. The highest BCUT2D eigenvalue weighted by atomic mass is 15.2. The molecule has 1 heterocycles. The van der Waals surface area contributed by atoms with Crippen LogP contribution < -0.4 is 5.73 Å². The van der Waals surface area contributed by atoms with Gasteiger partial charge < -0.3 is 10.6 Å². The predicted molar refractivity (Wildman–Crippen MR) is 68.5 cm³/mol. The lowest BCUT2D eigenvalue weighted by Gasteiger charge is -2.18. The molecule has 16 heavy (non-hydrogen) atoms. The molecule has 0 bridgehead atoms. The van der Waals surface area contributed by atoms with Gasteiger partial charge in [-0.25, -0.2) is 0 Å². The number of hydrogen-bond donors (Lipinski definition) is 1. The first-order chi connectivity index (χ1) is 7.75. The number of likely N-dealkylation sites (tertiary alicyclic amines) is 1. The van der Waals surface area contributed by atoms with Crippen molar-refractivity contribution in [3.8, 4) is 0 Å². The van der Waals surface area contributed by atoms with Crippen molar-refractivity contribution in [1.29, 1.82) is 0 Å². The average Bonchev–Trinajstić information content (AvgIpc) is 2.73. The fourth-order valence-corrected chi connectivity index (χ4v) is 2.39. The highest BCUT2D eigenvalue weighted by molar-refractivity contribution is 5.18. The summed E-state index contributed by atoms with van der Waals surface area (Å²) in [6, 6.07) is 11.2. The molecule has 0 spiro atoms. The van der Waals surface area contributed by atoms with Crippen molar-refractivity contribution in [1.82, 2.24) is 4.90 Å². The molecular formula is C14H22N2. The van der Waals surface area contributed by atoms with E-state index >= 15 is 0 Å². The minimum atomic E-state index is 0.409. The molecular weight excluding hydrogens is 196 g/mol. The van der Waals surface area contributed by atoms with Gasteiger partial charge in [-0.1, -0.05) is 37.3 Å². The van der Waals surface area contributed by atoms with Crippen molar-refractivity contribution in [2.45, 2.75) is 31.7 Å². The maximum Gasteiger partial charge on any atom is 0.0180 e. The van der Waals surface area contributed by atoms with Crippen LogP contribution in [0.1, 0.15) is 31.2 Å². The highest BCUT2D eigenvalue weighted by Gasteiger charge is 2.19. The van der Waals surface area contributed by atoms with Crippen LogP contribution in [0.15, 0.2) is 30.3 Å². The van der Waals surface area contributed by atoms with E-state index in [0.717, 1.165) is 6.54 Å². The summed E-state index contributed by atoms with van der Waals surface area (Å²) >= 11 is 0. The summed E-state index contributed by atoms with van der Waals surface area (Å²) in [6.07, 6.45) is 2.40. The van der Waals surface area contributed by atoms with E-state index in [4.69, 9.17) is 5.73 Å². The third-order valence-electron chi connectivity index (χ3n) is 3.56. The fourth-order valence-electron chi connectivity index (χ4n) is 2.39. The van der Waals surface area contributed by atoms with Gasteiger partial charge in [0.05, 0.1) is 0 Å². The molecule has 1 aromatic carbocycles. The number of rotatable bonds is 4. The molecule has 2 nitrogen and oxygen atoms in total. The lowest BCUT2D eigenvalue weighted by atomic mass is 9.98. The van der Waals surface area contributed by atoms with Crippen molar-refractivity contribution in [3.63, 3.8) is 0 Å². The van der Waals surface area contributed by atoms with Gasteiger partial charge in [0.25, 0.3) is 0 Å². The summed E-state index contributed by atoms with van der Waals surface area (Å²) in [4.78, 5) is 2.49. The van der Waals surface area contributed by atoms with E-state index in [2.05, 4.69) is 42.2 Å². The number of nitrogens with zero attached hydrogens (tertiary/aromatic N) is 1. The smallest absolute Gasteiger partial charge is 0.0180 e. The van der Waals surface area contributed by atoms with Gasteiger partial charge in [-0.3, -0.25) is 0 Å². The quantitative estimate of drug-likeness (QED) is 0.839. The summed E-state index contributed by atoms with van der Waals surface area (Å²) in [5.41, 5.74) is 7.35. The van der Waals surface area contributed by atoms with Crippen LogP contribution >= 0.6 is 0 Å². The average molecular weight is 218 g/mol. The number of nitrogens with two attached hydrogens (primary N) is 1. The van der Waals surface area contributed by atoms with E-state index in [1.54, 1.807) is 0 Å². The molecule has 0 aliphatic carbocycles. The molecule has 0 radical (unpaired) electrons. The Kier molecular flexibility index (Phi) is 3.97. The van der Waals surface area contributed by atoms with E-state index in [-0.39, 0.29) is 0 Å². The molecule has 1 aliphatic heterocycles. The van der Waals surface area contributed by atoms with Crippen LogP contribution in [0.25, 0.3) is 0 Å². The standard InChI is InChI=1S/C14H22N2/c1-12(13-5-3-2-4-6-13)7-9-16-10-8-14(15)11-16/h2-6,12,14H,7-11,15H2,1H3/t12-,14+/m0/s1. The van der Waals surface area contributed by atoms with Gasteiger partial charge in [-0.2, -0.15) is 0 Å². The minimum Gasteiger partial charge on any atom is -0.326 e. The Hall–Kier alpha value is -0.860. The first-order valence-corrected chi connectivity index (χ1v) is 6.28. The monoisotopic (exact) mass is 218 g/mol. The lowest BCUT2D eigenvalue weighted by Crippen LogP contribution is -2.27. The minimum absolute atomic E-state index is 0.409. The molecule has 0 unspecified atom stereocenters. The second-order valence-electron chi connectivity index (χ2n) is 4.95. The molecule has 1 aliphatic rings. The predicted octanol–water partition coefficient (Wildman–Crippen LogP) is 2.21. The Morgan fingerprint density at radius 3 is 2.75 bits per heavy atom. The van der Waals surface area contributed by atoms with Crippen LogP contribution in [0.3, 0.4) is 0 Å². The van der Waals surface area contributed by atoms with Crippen LogP contribution in [-0.2, 0) is 0 Å². The highest BCUT2D eigenvalue weighted by Crippen LogP contribution is 2.19. The molecule has 2 atom stereocenters. The van der Waals surface area contributed by atoms with Crippen molar-refractivity contribution in [2.24, 2.45) is 5.73 Å². The molecule has 2 heteroatoms. The van der Waals surface area contributed by atoms with E-state index in [9.17, 15) is 0 Å². The van der Waals surface area contributed by atoms with Crippen LogP contribution in [0.4, 0.5) is 0 Å². The second-order valence-corrected chi connectivity index (χ2v) is 4.95. The van der Waals surface area contributed by atoms with E-state index in [0.29, 0.717) is 12.0 Å². The summed E-state index contributed by atoms with van der Waals surface area (Å²) in [7, 11) is 0. The molecule has 0 amide bonds. The summed E-state index contributed by atoms with van der Waals surface area (Å²) in [5, 5.41) is 0. The molecule has 2 N–H and O–H groups in total. The van der Waals surface area contributed by atoms with Crippen molar-refractivity contribution < 1.29 is 0 Å². The third kappa shape index (κ3) is 3.06. The van der Waals surface area contributed by atoms with Gasteiger partial charge in [-0.05, 0) is 37.4 Å². The van der Waals surface area contributed by atoms with Crippen molar-refractivity contribution in [2.75, 3.05) is 19.6 Å². The van der Waals surface area contributed by atoms with Gasteiger partial charge in [0.15, 0.2) is 0 Å². The molecule has 1 fully saturated rings. The molecule has 0 saturated carbocycles. The lowest BCUT2D eigenvalue weighted by molar-refractivity contribution is 0.320. The van der Waals surface area contributed by atoms with Gasteiger partial charge in [0.1, 0.15) is 0 Å². The zero-order valence-corrected chi connectivity index (χ0v) is 10.1. The van der Waals surface area contributed by atoms with Crippen LogP contribution in [0.2, 0.25) is 0 Å². The third-order valence-corrected chi connectivity index (χ3v) is 3.56. The van der Waals surface area contributed by atoms with Crippen LogP contribution in [-0.4, -0.2) is 30.6 Å². The van der Waals surface area contributed by atoms with Crippen molar-refractivity contribution >= 4 is 0 Å². The van der Waals surface area contributed by atoms with Crippen LogP contribution in [0.5, 0.6) is 0 Å². The van der Waals surface area contributed by atoms with Gasteiger partial charge in [0.2, 0.25) is 0 Å². The largest absolute Gasteiger partial charge is 0.326 e. The Morgan fingerprint density at radius 1 is 1.38 bits per heavy atom. The molecule has 88 valence electrons. The topological polar surface area (TPSA) is 29.3 Å². The van der Waals surface area contributed by atoms with Crippen LogP contribution in [0, 0.1) is 0 Å². The summed E-state index contributed by atoms with van der Waals surface area (Å²) in [5.74, 6) is 0.651. The van der Waals surface area contributed by atoms with Gasteiger partial charge in [-0.15, -0.1) is 0 Å². The molecule has 1 saturated heterocycles. The van der Waals surface area contributed by atoms with E-state index < -0.39 is 0 Å². The van der Waals surface area contributed by atoms with Gasteiger partial charge in [0, 0.05) is 12.6 Å². The maximum absolute atomic E-state index is 5.90. The molecule has 0 aromatic heterocycles. The van der Waals surface area contributed by atoms with Crippen molar-refractivity contribution in [3.05, 3.63) is 35.9 Å². The Labute approximate surface area is 98.4 Å². The second kappa shape index (κ2) is 5.46. The zero-order chi connectivity index (χ0) is 11.4. The fraction of sp³-hybridized carbons (Fsp3) is 0.571. The molecule has 1 aromatic rings. The Balaban J connectivity index is 1.78. The normalized spacial score (nSPS) is 23.5. The van der Waals surface area contributed by atoms with E-state index in [1.807, 2.05) is 0 Å².